The van der Waals surface area contributed by atoms with Crippen molar-refractivity contribution < 1.29 is 58.9 Å². The third kappa shape index (κ3) is 7.35. The van der Waals surface area contributed by atoms with Gasteiger partial charge >= 0.3 is 30.6 Å². The average Bonchev–Trinajstić information content (AvgIpc) is 3.30. The van der Waals surface area contributed by atoms with E-state index in [1.54, 1.807) is 4.90 Å². The normalized spacial score (nSPS) is 20.9. The lowest BCUT2D eigenvalue weighted by Gasteiger charge is -2.40. The highest BCUT2D eigenvalue weighted by Gasteiger charge is 2.60. The first-order chi connectivity index (χ1) is 19.4. The lowest BCUT2D eigenvalue weighted by molar-refractivity contribution is -0.308. The number of carboxylic acids is 1. The molecule has 3 saturated heterocycles. The molecule has 3 aliphatic heterocycles. The first-order valence-electron chi connectivity index (χ1n) is 13.4. The number of hydrogen-bond donors (Lipinski definition) is 1. The van der Waals surface area contributed by atoms with Crippen molar-refractivity contribution in [3.63, 3.8) is 0 Å². The molecule has 1 spiro atoms. The summed E-state index contributed by atoms with van der Waals surface area (Å²) in [5, 5.41) is 9.26. The largest absolute Gasteiger partial charge is 0.481 e. The minimum Gasteiger partial charge on any atom is -0.481 e. The Morgan fingerprint density at radius 3 is 2.00 bits per heavy atom. The molecule has 7 nitrogen and oxygen atoms in total. The summed E-state index contributed by atoms with van der Waals surface area (Å²) in [6.45, 7) is 1.61. The fourth-order valence-electron chi connectivity index (χ4n) is 5.96. The highest BCUT2D eigenvalue weighted by molar-refractivity contribution is 5.70. The van der Waals surface area contributed by atoms with Crippen LogP contribution in [0.2, 0.25) is 0 Å². The summed E-state index contributed by atoms with van der Waals surface area (Å²) in [6.07, 6.45) is -20.2. The van der Waals surface area contributed by atoms with Gasteiger partial charge in [0.15, 0.2) is 0 Å². The van der Waals surface area contributed by atoms with Crippen LogP contribution in [0.4, 0.5) is 50.0 Å². The van der Waals surface area contributed by atoms with Crippen molar-refractivity contribution in [3.8, 4) is 0 Å². The summed E-state index contributed by atoms with van der Waals surface area (Å²) in [7, 11) is 0. The maximum Gasteiger partial charge on any atom is 0.434 e. The Morgan fingerprint density at radius 2 is 1.48 bits per heavy atom. The Kier molecular flexibility index (Phi) is 8.87. The van der Waals surface area contributed by atoms with Gasteiger partial charge in [0.05, 0.1) is 11.5 Å². The predicted molar refractivity (Wildman–Crippen MR) is 130 cm³/mol. The van der Waals surface area contributed by atoms with Crippen LogP contribution in [0, 0.1) is 11.3 Å². The fourth-order valence-corrected chi connectivity index (χ4v) is 5.96. The van der Waals surface area contributed by atoms with Crippen molar-refractivity contribution in [1.29, 1.82) is 0 Å². The highest BCUT2D eigenvalue weighted by Crippen LogP contribution is 2.43. The first kappa shape index (κ1) is 32.0. The van der Waals surface area contributed by atoms with Gasteiger partial charge in [0, 0.05) is 38.4 Å². The standard InChI is InChI=1S/C26H30F9N3O4/c27-24(28,29)18-2-1-17(19(13-18)37-8-3-16(4-9-37)20(39)40)14-36-10-5-23(6-11-36)7-12-38(15-23)22(41)42-21(25(30,31)32)26(33,34)35/h1-2,13,16,21H,3-12,14-15H2,(H,39,40). The van der Waals surface area contributed by atoms with E-state index in [0.717, 1.165) is 17.0 Å². The van der Waals surface area contributed by atoms with Gasteiger partial charge in [0.2, 0.25) is 0 Å². The second-order valence-corrected chi connectivity index (χ2v) is 11.2. The zero-order valence-electron chi connectivity index (χ0n) is 22.3. The number of likely N-dealkylation sites (tertiary alicyclic amines) is 2. The molecule has 3 aliphatic rings. The molecule has 42 heavy (non-hydrogen) atoms. The van der Waals surface area contributed by atoms with Crippen LogP contribution in [0.15, 0.2) is 18.2 Å². The molecule has 1 N–H and O–H groups in total. The molecule has 0 atom stereocenters. The third-order valence-corrected chi connectivity index (χ3v) is 8.42. The van der Waals surface area contributed by atoms with Gasteiger partial charge in [-0.25, -0.2) is 4.79 Å². The Bertz CT molecular complexity index is 1130. The van der Waals surface area contributed by atoms with E-state index >= 15 is 0 Å². The molecule has 1 aromatic rings. The maximum atomic E-state index is 13.5. The van der Waals surface area contributed by atoms with Crippen LogP contribution in [0.1, 0.15) is 43.2 Å². The van der Waals surface area contributed by atoms with Gasteiger partial charge in [-0.3, -0.25) is 9.69 Å². The number of piperidine rings is 2. The maximum absolute atomic E-state index is 13.5. The number of carbonyl (C=O) groups excluding carboxylic acids is 1. The average molecular weight is 620 g/mol. The summed E-state index contributed by atoms with van der Waals surface area (Å²) < 4.78 is 121. The van der Waals surface area contributed by atoms with Crippen LogP contribution < -0.4 is 4.90 Å². The number of amides is 1. The van der Waals surface area contributed by atoms with E-state index in [4.69, 9.17) is 0 Å². The molecule has 236 valence electrons. The number of hydrogen-bond acceptors (Lipinski definition) is 5. The smallest absolute Gasteiger partial charge is 0.434 e. The Hall–Kier alpha value is -2.91. The number of anilines is 1. The van der Waals surface area contributed by atoms with E-state index in [1.165, 1.54) is 6.07 Å². The van der Waals surface area contributed by atoms with Crippen LogP contribution in [-0.2, 0) is 22.3 Å². The number of nitrogens with zero attached hydrogens (tertiary/aromatic N) is 3. The molecule has 1 aromatic carbocycles. The number of carboxylic acid groups (broad SMARTS) is 1. The Labute approximate surface area is 235 Å². The highest BCUT2D eigenvalue weighted by atomic mass is 19.4. The molecule has 3 fully saturated rings. The van der Waals surface area contributed by atoms with Gasteiger partial charge in [-0.05, 0) is 68.3 Å². The summed E-state index contributed by atoms with van der Waals surface area (Å²) >= 11 is 0. The predicted octanol–water partition coefficient (Wildman–Crippen LogP) is 5.92. The van der Waals surface area contributed by atoms with Crippen molar-refractivity contribution in [2.24, 2.45) is 11.3 Å². The molecule has 3 heterocycles. The summed E-state index contributed by atoms with van der Waals surface area (Å²) in [6, 6.07) is 3.46. The lowest BCUT2D eigenvalue weighted by atomic mass is 9.77. The number of benzene rings is 1. The van der Waals surface area contributed by atoms with E-state index in [1.807, 2.05) is 4.90 Å². The molecule has 4 rings (SSSR count). The number of ether oxygens (including phenoxy) is 1. The van der Waals surface area contributed by atoms with E-state index in [-0.39, 0.29) is 32.7 Å². The number of aliphatic carboxylic acids is 1. The molecule has 0 unspecified atom stereocenters. The number of carbonyl (C=O) groups is 2. The van der Waals surface area contributed by atoms with E-state index < -0.39 is 53.6 Å². The zero-order valence-corrected chi connectivity index (χ0v) is 22.3. The van der Waals surface area contributed by atoms with Crippen molar-refractivity contribution in [3.05, 3.63) is 29.3 Å². The Morgan fingerprint density at radius 1 is 0.905 bits per heavy atom. The SMILES string of the molecule is O=C(O)C1CCN(c2cc(C(F)(F)F)ccc2CN2CCC3(CC2)CCN(C(=O)OC(C(F)(F)F)C(F)(F)F)C3)CC1. The number of rotatable bonds is 5. The summed E-state index contributed by atoms with van der Waals surface area (Å²) in [4.78, 5) is 28.1. The lowest BCUT2D eigenvalue weighted by Crippen LogP contribution is -2.48. The fraction of sp³-hybridized carbons (Fsp3) is 0.692. The summed E-state index contributed by atoms with van der Waals surface area (Å²) in [5.41, 5.74) is -0.360. The molecule has 1 amide bonds. The van der Waals surface area contributed by atoms with Crippen LogP contribution in [0.25, 0.3) is 0 Å². The van der Waals surface area contributed by atoms with Crippen LogP contribution in [-0.4, -0.2) is 84.7 Å². The quantitative estimate of drug-likeness (QED) is 0.413. The molecule has 0 aromatic heterocycles. The topological polar surface area (TPSA) is 73.3 Å². The van der Waals surface area contributed by atoms with Gasteiger partial charge in [-0.15, -0.1) is 0 Å². The summed E-state index contributed by atoms with van der Waals surface area (Å²) in [5.74, 6) is -1.51. The molecule has 0 bridgehead atoms. The number of alkyl halides is 9. The van der Waals surface area contributed by atoms with Crippen LogP contribution in [0.3, 0.4) is 0 Å². The van der Waals surface area contributed by atoms with Gasteiger partial charge in [0.25, 0.3) is 6.10 Å². The molecular weight excluding hydrogens is 589 g/mol. The van der Waals surface area contributed by atoms with Gasteiger partial charge in [0.1, 0.15) is 0 Å². The van der Waals surface area contributed by atoms with E-state index in [2.05, 4.69) is 4.74 Å². The first-order valence-corrected chi connectivity index (χ1v) is 13.4. The van der Waals surface area contributed by atoms with Crippen molar-refractivity contribution in [2.75, 3.05) is 44.2 Å². The van der Waals surface area contributed by atoms with Crippen molar-refractivity contribution >= 4 is 17.7 Å². The molecular formula is C26H30F9N3O4. The van der Waals surface area contributed by atoms with Crippen molar-refractivity contribution in [2.45, 2.75) is 63.3 Å². The van der Waals surface area contributed by atoms with E-state index in [9.17, 15) is 54.2 Å². The Balaban J connectivity index is 1.39. The van der Waals surface area contributed by atoms with Crippen molar-refractivity contribution in [1.82, 2.24) is 9.80 Å². The number of halogens is 9. The molecule has 0 radical (unpaired) electrons. The van der Waals surface area contributed by atoms with Gasteiger partial charge < -0.3 is 19.6 Å². The molecule has 0 aliphatic carbocycles. The van der Waals surface area contributed by atoms with Crippen LogP contribution >= 0.6 is 0 Å². The minimum absolute atomic E-state index is 0.0589. The second kappa shape index (κ2) is 11.6. The molecule has 0 saturated carbocycles. The zero-order chi connectivity index (χ0) is 31.1. The minimum atomic E-state index is -5.81. The van der Waals surface area contributed by atoms with Crippen LogP contribution in [0.5, 0.6) is 0 Å². The monoisotopic (exact) mass is 619 g/mol. The third-order valence-electron chi connectivity index (χ3n) is 8.42. The second-order valence-electron chi connectivity index (χ2n) is 11.2. The van der Waals surface area contributed by atoms with E-state index in [0.29, 0.717) is 56.4 Å². The van der Waals surface area contributed by atoms with Gasteiger partial charge in [-0.2, -0.15) is 39.5 Å². The van der Waals surface area contributed by atoms with Gasteiger partial charge in [-0.1, -0.05) is 6.07 Å². The molecule has 16 heteroatoms.